The molecule has 24 heavy (non-hydrogen) atoms. The smallest absolute Gasteiger partial charge is 0.284 e. The van der Waals surface area contributed by atoms with Gasteiger partial charge in [0.2, 0.25) is 0 Å². The van der Waals surface area contributed by atoms with Gasteiger partial charge in [0.05, 0.1) is 17.7 Å². The van der Waals surface area contributed by atoms with E-state index in [9.17, 15) is 13.6 Å². The van der Waals surface area contributed by atoms with Gasteiger partial charge < -0.3 is 9.32 Å². The number of nitrogens with zero attached hydrogens (tertiary/aromatic N) is 3. The minimum atomic E-state index is -2.44. The minimum absolute atomic E-state index is 0.0800. The van der Waals surface area contributed by atoms with Crippen LogP contribution in [0.15, 0.2) is 51.0 Å². The highest BCUT2D eigenvalue weighted by Crippen LogP contribution is 2.27. The molecule has 5 nitrogen and oxygen atoms in total. The van der Waals surface area contributed by atoms with Crippen LogP contribution in [0.1, 0.15) is 17.1 Å². The van der Waals surface area contributed by atoms with Crippen LogP contribution >= 0.6 is 11.8 Å². The summed E-state index contributed by atoms with van der Waals surface area (Å²) in [6.45, 7) is 0. The second kappa shape index (κ2) is 6.96. The largest absolute Gasteiger partial charge is 0.459 e. The lowest BCUT2D eigenvalue weighted by atomic mass is 10.1. The maximum absolute atomic E-state index is 12.2. The molecule has 0 radical (unpaired) electrons. The Kier molecular flexibility index (Phi) is 4.75. The third-order valence-corrected chi connectivity index (χ3v) is 4.11. The van der Waals surface area contributed by atoms with Gasteiger partial charge in [0, 0.05) is 12.6 Å². The summed E-state index contributed by atoms with van der Waals surface area (Å²) >= 11 is 0.485. The Morgan fingerprint density at radius 3 is 2.88 bits per heavy atom. The fourth-order valence-corrected chi connectivity index (χ4v) is 2.72. The van der Waals surface area contributed by atoms with E-state index in [1.54, 1.807) is 25.2 Å². The third-order valence-electron chi connectivity index (χ3n) is 3.40. The number of hydrogen-bond donors (Lipinski definition) is 0. The number of benzene rings is 1. The van der Waals surface area contributed by atoms with E-state index in [1.165, 1.54) is 11.1 Å². The quantitative estimate of drug-likeness (QED) is 0.613. The number of alkyl halides is 2. The van der Waals surface area contributed by atoms with Crippen LogP contribution in [0, 0.1) is 0 Å². The summed E-state index contributed by atoms with van der Waals surface area (Å²) in [5.74, 6) is -1.78. The molecule has 1 aromatic carbocycles. The topological polar surface area (TPSA) is 58.2 Å². The van der Waals surface area contributed by atoms with Gasteiger partial charge in [-0.3, -0.25) is 4.79 Å². The van der Waals surface area contributed by atoms with Gasteiger partial charge in [-0.25, -0.2) is 0 Å². The van der Waals surface area contributed by atoms with Crippen LogP contribution in [0.3, 0.4) is 0 Å². The van der Waals surface area contributed by atoms with Gasteiger partial charge in [0.1, 0.15) is 11.5 Å². The molecule has 0 aliphatic carbocycles. The molecule has 8 heteroatoms. The average molecular weight is 349 g/mol. The Bertz CT molecular complexity index is 817. The van der Waals surface area contributed by atoms with Crippen molar-refractivity contribution >= 4 is 35.3 Å². The average Bonchev–Trinajstić information content (AvgIpc) is 3.12. The fourth-order valence-electron chi connectivity index (χ4n) is 2.28. The number of halogens is 2. The van der Waals surface area contributed by atoms with Gasteiger partial charge in [-0.2, -0.15) is 13.9 Å². The van der Waals surface area contributed by atoms with E-state index in [1.807, 2.05) is 18.2 Å². The van der Waals surface area contributed by atoms with Crippen molar-refractivity contribution in [3.05, 3.63) is 53.5 Å². The van der Waals surface area contributed by atoms with Crippen LogP contribution in [0.4, 0.5) is 14.5 Å². The summed E-state index contributed by atoms with van der Waals surface area (Å²) in [7, 11) is 1.67. The predicted octanol–water partition coefficient (Wildman–Crippen LogP) is 3.54. The van der Waals surface area contributed by atoms with Crippen molar-refractivity contribution in [3.63, 3.8) is 0 Å². The lowest BCUT2D eigenvalue weighted by Crippen LogP contribution is -2.25. The zero-order chi connectivity index (χ0) is 17.1. The van der Waals surface area contributed by atoms with Gasteiger partial charge in [-0.1, -0.05) is 30.0 Å². The number of amides is 1. The van der Waals surface area contributed by atoms with Crippen molar-refractivity contribution in [2.45, 2.75) is 11.5 Å². The summed E-state index contributed by atoms with van der Waals surface area (Å²) < 4.78 is 29.6. The predicted molar refractivity (Wildman–Crippen MR) is 90.0 cm³/mol. The molecular formula is C16H13F2N3O2S. The number of rotatable bonds is 5. The standard InChI is InChI=1S/C16H13F2N3O2S/c1-21-13-5-3-2-4-12(13)14(15(21)22)20-19-8-10-6-7-11(23-10)9-24-16(17)18/h2-8,16H,9H2,1H3/b19-8-,20-14+. The first kappa shape index (κ1) is 16.4. The number of para-hydroxylation sites is 1. The first-order valence-corrected chi connectivity index (χ1v) is 8.08. The second-order valence-electron chi connectivity index (χ2n) is 4.95. The molecule has 1 amide bonds. The fraction of sp³-hybridized carbons (Fsp3) is 0.188. The molecule has 0 spiro atoms. The number of furan rings is 1. The number of carbonyl (C=O) groups is 1. The number of carbonyl (C=O) groups excluding carboxylic acids is 1. The Morgan fingerprint density at radius 2 is 2.08 bits per heavy atom. The van der Waals surface area contributed by atoms with E-state index in [2.05, 4.69) is 10.2 Å². The van der Waals surface area contributed by atoms with Crippen LogP contribution in [0.5, 0.6) is 0 Å². The number of fused-ring (bicyclic) bond motifs is 1. The molecule has 124 valence electrons. The Balaban J connectivity index is 1.74. The zero-order valence-corrected chi connectivity index (χ0v) is 13.5. The molecule has 2 aromatic rings. The van der Waals surface area contributed by atoms with Crippen LogP contribution < -0.4 is 4.90 Å². The summed E-state index contributed by atoms with van der Waals surface area (Å²) in [4.78, 5) is 13.7. The highest BCUT2D eigenvalue weighted by molar-refractivity contribution is 7.98. The SMILES string of the molecule is CN1C(=O)/C(=N/N=C\c2ccc(CSC(F)F)o2)c2ccccc21. The molecule has 0 bridgehead atoms. The molecule has 0 N–H and O–H groups in total. The molecule has 2 heterocycles. The summed E-state index contributed by atoms with van der Waals surface area (Å²) in [5, 5.41) is 7.87. The van der Waals surface area contributed by atoms with E-state index < -0.39 is 5.76 Å². The molecule has 3 rings (SSSR count). The molecule has 1 aromatic heterocycles. The summed E-state index contributed by atoms with van der Waals surface area (Å²) in [6, 6.07) is 10.5. The Morgan fingerprint density at radius 1 is 1.29 bits per heavy atom. The number of anilines is 1. The van der Waals surface area contributed by atoms with Crippen molar-refractivity contribution in [2.24, 2.45) is 10.2 Å². The van der Waals surface area contributed by atoms with E-state index in [4.69, 9.17) is 4.42 Å². The number of hydrogen-bond acceptors (Lipinski definition) is 5. The molecule has 1 aliphatic rings. The van der Waals surface area contributed by atoms with Crippen molar-refractivity contribution in [3.8, 4) is 0 Å². The number of thioether (sulfide) groups is 1. The Hall–Kier alpha value is -2.48. The van der Waals surface area contributed by atoms with E-state index >= 15 is 0 Å². The lowest BCUT2D eigenvalue weighted by Gasteiger charge is -2.07. The van der Waals surface area contributed by atoms with E-state index in [-0.39, 0.29) is 17.4 Å². The normalized spacial score (nSPS) is 15.9. The maximum Gasteiger partial charge on any atom is 0.284 e. The van der Waals surface area contributed by atoms with Crippen molar-refractivity contribution in [2.75, 3.05) is 11.9 Å². The monoisotopic (exact) mass is 349 g/mol. The molecule has 0 saturated carbocycles. The van der Waals surface area contributed by atoms with Gasteiger partial charge in [-0.15, -0.1) is 5.10 Å². The molecule has 0 unspecified atom stereocenters. The third kappa shape index (κ3) is 3.38. The highest BCUT2D eigenvalue weighted by Gasteiger charge is 2.30. The van der Waals surface area contributed by atoms with Crippen LogP contribution in [0.2, 0.25) is 0 Å². The molecule has 0 fully saturated rings. The molecule has 0 atom stereocenters. The highest BCUT2D eigenvalue weighted by atomic mass is 32.2. The zero-order valence-electron chi connectivity index (χ0n) is 12.6. The van der Waals surface area contributed by atoms with Crippen molar-refractivity contribution < 1.29 is 18.0 Å². The first-order chi connectivity index (χ1) is 11.6. The molecule has 1 aliphatic heterocycles. The van der Waals surface area contributed by atoms with Gasteiger partial charge in [-0.05, 0) is 18.2 Å². The van der Waals surface area contributed by atoms with Gasteiger partial charge in [0.25, 0.3) is 11.7 Å². The summed E-state index contributed by atoms with van der Waals surface area (Å²) in [6.07, 6.45) is 1.34. The molecule has 0 saturated heterocycles. The lowest BCUT2D eigenvalue weighted by molar-refractivity contribution is -0.111. The van der Waals surface area contributed by atoms with Crippen molar-refractivity contribution in [1.29, 1.82) is 0 Å². The van der Waals surface area contributed by atoms with Gasteiger partial charge in [0.15, 0.2) is 5.71 Å². The van der Waals surface area contributed by atoms with Crippen molar-refractivity contribution in [1.82, 2.24) is 0 Å². The van der Waals surface area contributed by atoms with Crippen LogP contribution in [-0.2, 0) is 10.5 Å². The first-order valence-electron chi connectivity index (χ1n) is 7.03. The van der Waals surface area contributed by atoms with Crippen LogP contribution in [0.25, 0.3) is 0 Å². The second-order valence-corrected chi connectivity index (χ2v) is 5.93. The van der Waals surface area contributed by atoms with E-state index in [0.29, 0.717) is 23.3 Å². The minimum Gasteiger partial charge on any atom is -0.459 e. The van der Waals surface area contributed by atoms with Gasteiger partial charge >= 0.3 is 0 Å². The van der Waals surface area contributed by atoms with E-state index in [0.717, 1.165) is 11.3 Å². The number of likely N-dealkylation sites (N-methyl/N-ethyl adjacent to an activating group) is 1. The Labute approximate surface area is 141 Å². The maximum atomic E-state index is 12.2. The van der Waals surface area contributed by atoms with Crippen LogP contribution in [-0.4, -0.2) is 30.6 Å². The summed E-state index contributed by atoms with van der Waals surface area (Å²) in [5.41, 5.74) is 1.75. The molecular weight excluding hydrogens is 336 g/mol.